The van der Waals surface area contributed by atoms with Crippen molar-refractivity contribution in [2.45, 2.75) is 39.7 Å². The summed E-state index contributed by atoms with van der Waals surface area (Å²) < 4.78 is 5.92. The highest BCUT2D eigenvalue weighted by atomic mass is 16.5. The van der Waals surface area contributed by atoms with Gasteiger partial charge in [0.15, 0.2) is 0 Å². The summed E-state index contributed by atoms with van der Waals surface area (Å²) in [4.78, 5) is 4.35. The van der Waals surface area contributed by atoms with Crippen LogP contribution in [0.25, 0.3) is 0 Å². The average molecular weight is 284 g/mol. The Morgan fingerprint density at radius 1 is 1.05 bits per heavy atom. The molecule has 0 spiro atoms. The third-order valence-electron chi connectivity index (χ3n) is 3.27. The fourth-order valence-electron chi connectivity index (χ4n) is 2.17. The quantitative estimate of drug-likeness (QED) is 0.733. The summed E-state index contributed by atoms with van der Waals surface area (Å²) >= 11 is 0. The Labute approximate surface area is 127 Å². The highest BCUT2D eigenvalue weighted by Crippen LogP contribution is 2.23. The van der Waals surface area contributed by atoms with Crippen molar-refractivity contribution >= 4 is 0 Å². The van der Waals surface area contributed by atoms with Crippen molar-refractivity contribution in [2.24, 2.45) is 0 Å². The second-order valence-electron chi connectivity index (χ2n) is 5.14. The minimum Gasteiger partial charge on any atom is -0.439 e. The van der Waals surface area contributed by atoms with Gasteiger partial charge in [0.1, 0.15) is 5.75 Å². The molecule has 0 saturated carbocycles. The van der Waals surface area contributed by atoms with Crippen molar-refractivity contribution in [1.29, 1.82) is 0 Å². The van der Waals surface area contributed by atoms with Crippen molar-refractivity contribution in [2.75, 3.05) is 6.54 Å². The van der Waals surface area contributed by atoms with Crippen LogP contribution in [0.2, 0.25) is 0 Å². The molecule has 1 aromatic heterocycles. The number of hydrogen-bond acceptors (Lipinski definition) is 3. The standard InChI is InChI=1S/C18H24N2O/c1-3-6-15-8-10-17(11-9-15)21-18-16(7-5-13-20-18)14-19-12-4-2/h5,7-11,13,19H,3-4,6,12,14H2,1-2H3. The molecule has 0 atom stereocenters. The maximum Gasteiger partial charge on any atom is 0.223 e. The average Bonchev–Trinajstić information content (AvgIpc) is 2.51. The van der Waals surface area contributed by atoms with Crippen LogP contribution in [0.4, 0.5) is 0 Å². The molecule has 0 fully saturated rings. The first-order valence-corrected chi connectivity index (χ1v) is 7.75. The minimum absolute atomic E-state index is 0.685. The van der Waals surface area contributed by atoms with Crippen LogP contribution in [-0.4, -0.2) is 11.5 Å². The Morgan fingerprint density at radius 3 is 2.57 bits per heavy atom. The van der Waals surface area contributed by atoms with Gasteiger partial charge < -0.3 is 10.1 Å². The van der Waals surface area contributed by atoms with E-state index in [0.717, 1.165) is 43.7 Å². The van der Waals surface area contributed by atoms with Crippen molar-refractivity contribution in [1.82, 2.24) is 10.3 Å². The fraction of sp³-hybridized carbons (Fsp3) is 0.389. The molecule has 3 heteroatoms. The third kappa shape index (κ3) is 4.87. The summed E-state index contributed by atoms with van der Waals surface area (Å²) in [6.07, 6.45) is 5.16. The molecule has 21 heavy (non-hydrogen) atoms. The van der Waals surface area contributed by atoms with E-state index in [1.54, 1.807) is 6.20 Å². The predicted molar refractivity (Wildman–Crippen MR) is 86.7 cm³/mol. The number of nitrogens with one attached hydrogen (secondary N) is 1. The van der Waals surface area contributed by atoms with E-state index in [2.05, 4.69) is 42.3 Å². The van der Waals surface area contributed by atoms with Crippen LogP contribution in [-0.2, 0) is 13.0 Å². The van der Waals surface area contributed by atoms with Crippen molar-refractivity contribution in [3.63, 3.8) is 0 Å². The zero-order valence-corrected chi connectivity index (χ0v) is 12.9. The molecule has 0 aliphatic carbocycles. The summed E-state index contributed by atoms with van der Waals surface area (Å²) in [6, 6.07) is 12.3. The smallest absolute Gasteiger partial charge is 0.223 e. The zero-order valence-electron chi connectivity index (χ0n) is 12.9. The molecule has 0 saturated heterocycles. The number of aryl methyl sites for hydroxylation is 1. The molecule has 0 unspecified atom stereocenters. The lowest BCUT2D eigenvalue weighted by atomic mass is 10.1. The number of hydrogen-bond donors (Lipinski definition) is 1. The van der Waals surface area contributed by atoms with Crippen LogP contribution in [0.1, 0.15) is 37.8 Å². The zero-order chi connectivity index (χ0) is 14.9. The number of pyridine rings is 1. The summed E-state index contributed by atoms with van der Waals surface area (Å²) in [6.45, 7) is 6.13. The molecule has 0 aliphatic rings. The second-order valence-corrected chi connectivity index (χ2v) is 5.14. The second kappa shape index (κ2) is 8.42. The predicted octanol–water partition coefficient (Wildman–Crippen LogP) is 4.33. The minimum atomic E-state index is 0.685. The number of rotatable bonds is 8. The Hall–Kier alpha value is -1.87. The Balaban J connectivity index is 2.04. The Kier molecular flexibility index (Phi) is 6.22. The van der Waals surface area contributed by atoms with Crippen molar-refractivity contribution < 1.29 is 4.74 Å². The van der Waals surface area contributed by atoms with Gasteiger partial charge in [-0.3, -0.25) is 0 Å². The van der Waals surface area contributed by atoms with Crippen LogP contribution in [0.5, 0.6) is 11.6 Å². The molecule has 0 radical (unpaired) electrons. The van der Waals surface area contributed by atoms with E-state index in [1.807, 2.05) is 18.2 Å². The summed E-state index contributed by atoms with van der Waals surface area (Å²) in [5.74, 6) is 1.52. The molecule has 1 aromatic carbocycles. The van der Waals surface area contributed by atoms with Crippen LogP contribution < -0.4 is 10.1 Å². The topological polar surface area (TPSA) is 34.2 Å². The lowest BCUT2D eigenvalue weighted by Crippen LogP contribution is -2.14. The number of nitrogens with zero attached hydrogens (tertiary/aromatic N) is 1. The third-order valence-corrected chi connectivity index (χ3v) is 3.27. The van der Waals surface area contributed by atoms with Gasteiger partial charge in [-0.1, -0.05) is 38.5 Å². The lowest BCUT2D eigenvalue weighted by Gasteiger charge is -2.11. The molecule has 0 aliphatic heterocycles. The van der Waals surface area contributed by atoms with Crippen molar-refractivity contribution in [3.8, 4) is 11.6 Å². The molecular weight excluding hydrogens is 260 g/mol. The Bertz CT molecular complexity index is 537. The van der Waals surface area contributed by atoms with Gasteiger partial charge in [0.25, 0.3) is 0 Å². The van der Waals surface area contributed by atoms with E-state index in [0.29, 0.717) is 5.88 Å². The lowest BCUT2D eigenvalue weighted by molar-refractivity contribution is 0.452. The van der Waals surface area contributed by atoms with Gasteiger partial charge >= 0.3 is 0 Å². The van der Waals surface area contributed by atoms with Crippen LogP contribution in [0.3, 0.4) is 0 Å². The molecule has 1 heterocycles. The molecule has 112 valence electrons. The highest BCUT2D eigenvalue weighted by molar-refractivity contribution is 5.34. The van der Waals surface area contributed by atoms with Gasteiger partial charge in [-0.2, -0.15) is 0 Å². The number of ether oxygens (including phenoxy) is 1. The first-order chi connectivity index (χ1) is 10.3. The number of aromatic nitrogens is 1. The van der Waals surface area contributed by atoms with E-state index in [9.17, 15) is 0 Å². The first-order valence-electron chi connectivity index (χ1n) is 7.75. The van der Waals surface area contributed by atoms with E-state index in [1.165, 1.54) is 5.56 Å². The van der Waals surface area contributed by atoms with Gasteiger partial charge in [0.05, 0.1) is 0 Å². The number of benzene rings is 1. The monoisotopic (exact) mass is 284 g/mol. The molecule has 1 N–H and O–H groups in total. The van der Waals surface area contributed by atoms with Gasteiger partial charge in [-0.15, -0.1) is 0 Å². The van der Waals surface area contributed by atoms with Gasteiger partial charge in [0.2, 0.25) is 5.88 Å². The van der Waals surface area contributed by atoms with Crippen LogP contribution >= 0.6 is 0 Å². The molecule has 3 nitrogen and oxygen atoms in total. The first kappa shape index (κ1) is 15.5. The van der Waals surface area contributed by atoms with E-state index in [-0.39, 0.29) is 0 Å². The molecule has 0 bridgehead atoms. The molecule has 0 amide bonds. The van der Waals surface area contributed by atoms with Gasteiger partial charge in [-0.05, 0) is 43.1 Å². The summed E-state index contributed by atoms with van der Waals surface area (Å²) in [5.41, 5.74) is 2.43. The largest absolute Gasteiger partial charge is 0.439 e. The Morgan fingerprint density at radius 2 is 1.86 bits per heavy atom. The van der Waals surface area contributed by atoms with E-state index < -0.39 is 0 Å². The van der Waals surface area contributed by atoms with Crippen LogP contribution in [0, 0.1) is 0 Å². The van der Waals surface area contributed by atoms with E-state index >= 15 is 0 Å². The van der Waals surface area contributed by atoms with Gasteiger partial charge in [-0.25, -0.2) is 4.98 Å². The fourth-order valence-corrected chi connectivity index (χ4v) is 2.17. The SMILES string of the molecule is CCCNCc1cccnc1Oc1ccc(CCC)cc1. The molecule has 2 aromatic rings. The summed E-state index contributed by atoms with van der Waals surface area (Å²) in [7, 11) is 0. The summed E-state index contributed by atoms with van der Waals surface area (Å²) in [5, 5.41) is 3.38. The maximum atomic E-state index is 5.92. The van der Waals surface area contributed by atoms with Crippen LogP contribution in [0.15, 0.2) is 42.6 Å². The normalized spacial score (nSPS) is 10.6. The molecular formula is C18H24N2O. The van der Waals surface area contributed by atoms with Crippen molar-refractivity contribution in [3.05, 3.63) is 53.7 Å². The highest BCUT2D eigenvalue weighted by Gasteiger charge is 2.05. The van der Waals surface area contributed by atoms with E-state index in [4.69, 9.17) is 4.74 Å². The van der Waals surface area contributed by atoms with Gasteiger partial charge in [0, 0.05) is 18.3 Å². The molecule has 2 rings (SSSR count). The maximum absolute atomic E-state index is 5.92.